The highest BCUT2D eigenvalue weighted by atomic mass is 32.2. The maximum absolute atomic E-state index is 8.76. The van der Waals surface area contributed by atoms with Crippen LogP contribution < -0.4 is 0 Å². The fraction of sp³-hybridized carbons (Fsp3) is 0.700. The second-order valence-corrected chi connectivity index (χ2v) is 4.63. The van der Waals surface area contributed by atoms with Gasteiger partial charge in [-0.1, -0.05) is 11.8 Å². The van der Waals surface area contributed by atoms with Crippen molar-refractivity contribution in [2.24, 2.45) is 0 Å². The Bertz CT molecular complexity index is 297. The Morgan fingerprint density at radius 2 is 2.60 bits per heavy atom. The molecule has 0 bridgehead atoms. The van der Waals surface area contributed by atoms with Gasteiger partial charge in [-0.25, -0.2) is 4.98 Å². The van der Waals surface area contributed by atoms with Crippen molar-refractivity contribution in [1.29, 1.82) is 0 Å². The van der Waals surface area contributed by atoms with Crippen LogP contribution in [0.2, 0.25) is 0 Å². The number of thioether (sulfide) groups is 1. The third-order valence-electron chi connectivity index (χ3n) is 2.42. The Labute approximate surface area is 93.6 Å². The van der Waals surface area contributed by atoms with Crippen LogP contribution in [0.4, 0.5) is 0 Å². The van der Waals surface area contributed by atoms with E-state index in [0.717, 1.165) is 24.7 Å². The molecule has 0 aliphatic carbocycles. The van der Waals surface area contributed by atoms with Crippen molar-refractivity contribution < 1.29 is 9.84 Å². The molecule has 1 atom stereocenters. The highest BCUT2D eigenvalue weighted by Crippen LogP contribution is 2.19. The monoisotopic (exact) mass is 228 g/mol. The van der Waals surface area contributed by atoms with Gasteiger partial charge in [0.15, 0.2) is 5.16 Å². The van der Waals surface area contributed by atoms with Gasteiger partial charge in [-0.05, 0) is 12.8 Å². The smallest absolute Gasteiger partial charge is 0.168 e. The molecule has 0 saturated carbocycles. The Hall–Kier alpha value is -0.520. The van der Waals surface area contributed by atoms with Gasteiger partial charge >= 0.3 is 0 Å². The number of hydrogen-bond acceptors (Lipinski definition) is 4. The van der Waals surface area contributed by atoms with Gasteiger partial charge in [0.2, 0.25) is 0 Å². The Kier molecular flexibility index (Phi) is 4.05. The van der Waals surface area contributed by atoms with Crippen LogP contribution in [0.15, 0.2) is 17.6 Å². The summed E-state index contributed by atoms with van der Waals surface area (Å²) >= 11 is 1.58. The van der Waals surface area contributed by atoms with Crippen molar-refractivity contribution in [2.45, 2.75) is 30.6 Å². The molecule has 2 rings (SSSR count). The van der Waals surface area contributed by atoms with Crippen molar-refractivity contribution >= 4 is 11.8 Å². The molecular weight excluding hydrogens is 212 g/mol. The van der Waals surface area contributed by atoms with Crippen LogP contribution in [0.5, 0.6) is 0 Å². The highest BCUT2D eigenvalue weighted by molar-refractivity contribution is 7.99. The van der Waals surface area contributed by atoms with E-state index in [1.807, 2.05) is 6.20 Å². The van der Waals surface area contributed by atoms with E-state index in [1.165, 1.54) is 6.42 Å². The van der Waals surface area contributed by atoms with E-state index in [-0.39, 0.29) is 6.61 Å². The predicted molar refractivity (Wildman–Crippen MR) is 59.0 cm³/mol. The Balaban J connectivity index is 1.91. The molecule has 1 fully saturated rings. The molecule has 4 nitrogen and oxygen atoms in total. The average molecular weight is 228 g/mol. The molecule has 0 spiro atoms. The minimum atomic E-state index is 0.192. The molecule has 1 unspecified atom stereocenters. The first-order chi connectivity index (χ1) is 7.40. The van der Waals surface area contributed by atoms with E-state index >= 15 is 0 Å². The SMILES string of the molecule is OCCSc1nccn1CC1CCCO1. The van der Waals surface area contributed by atoms with Crippen LogP contribution in [0.1, 0.15) is 12.8 Å². The predicted octanol–water partition coefficient (Wildman–Crippen LogP) is 1.15. The zero-order chi connectivity index (χ0) is 10.5. The largest absolute Gasteiger partial charge is 0.396 e. The average Bonchev–Trinajstić information content (AvgIpc) is 2.87. The van der Waals surface area contributed by atoms with Gasteiger partial charge in [0.05, 0.1) is 19.3 Å². The van der Waals surface area contributed by atoms with Crippen LogP contribution in [0.3, 0.4) is 0 Å². The molecule has 0 aromatic carbocycles. The first-order valence-corrected chi connectivity index (χ1v) is 6.25. The van der Waals surface area contributed by atoms with E-state index in [4.69, 9.17) is 9.84 Å². The molecule has 1 aromatic rings. The summed E-state index contributed by atoms with van der Waals surface area (Å²) in [6.07, 6.45) is 6.42. The summed E-state index contributed by atoms with van der Waals surface area (Å²) in [6, 6.07) is 0. The lowest BCUT2D eigenvalue weighted by Gasteiger charge is -2.12. The normalized spacial score (nSPS) is 21.0. The number of imidazole rings is 1. The topological polar surface area (TPSA) is 47.3 Å². The van der Waals surface area contributed by atoms with Gasteiger partial charge < -0.3 is 14.4 Å². The Morgan fingerprint density at radius 1 is 1.67 bits per heavy atom. The number of hydrogen-bond donors (Lipinski definition) is 1. The minimum Gasteiger partial charge on any atom is -0.396 e. The third-order valence-corrected chi connectivity index (χ3v) is 3.41. The molecule has 5 heteroatoms. The minimum absolute atomic E-state index is 0.192. The first-order valence-electron chi connectivity index (χ1n) is 5.26. The number of ether oxygens (including phenoxy) is 1. The summed E-state index contributed by atoms with van der Waals surface area (Å²) in [5.74, 6) is 0.697. The quantitative estimate of drug-likeness (QED) is 0.768. The van der Waals surface area contributed by atoms with E-state index in [2.05, 4.69) is 9.55 Å². The number of aliphatic hydroxyl groups excluding tert-OH is 1. The fourth-order valence-electron chi connectivity index (χ4n) is 1.72. The van der Waals surface area contributed by atoms with Gasteiger partial charge in [-0.15, -0.1) is 0 Å². The molecule has 1 aromatic heterocycles. The second kappa shape index (κ2) is 5.53. The number of aliphatic hydroxyl groups is 1. The number of aromatic nitrogens is 2. The molecule has 15 heavy (non-hydrogen) atoms. The lowest BCUT2D eigenvalue weighted by atomic mass is 10.2. The van der Waals surface area contributed by atoms with Crippen molar-refractivity contribution in [1.82, 2.24) is 9.55 Å². The molecule has 0 amide bonds. The summed E-state index contributed by atoms with van der Waals surface area (Å²) in [7, 11) is 0. The first kappa shape index (κ1) is 11.0. The lowest BCUT2D eigenvalue weighted by Crippen LogP contribution is -2.15. The fourth-order valence-corrected chi connectivity index (χ4v) is 2.43. The molecular formula is C10H16N2O2S. The van der Waals surface area contributed by atoms with Gasteiger partial charge in [0.25, 0.3) is 0 Å². The lowest BCUT2D eigenvalue weighted by molar-refractivity contribution is 0.0950. The van der Waals surface area contributed by atoms with Gasteiger partial charge in [0, 0.05) is 24.8 Å². The summed E-state index contributed by atoms with van der Waals surface area (Å²) in [5.41, 5.74) is 0. The van der Waals surface area contributed by atoms with Crippen LogP contribution in [-0.2, 0) is 11.3 Å². The van der Waals surface area contributed by atoms with E-state index < -0.39 is 0 Å². The third kappa shape index (κ3) is 2.96. The van der Waals surface area contributed by atoms with Crippen LogP contribution >= 0.6 is 11.8 Å². The molecule has 0 radical (unpaired) electrons. The number of nitrogens with zero attached hydrogens (tertiary/aromatic N) is 2. The van der Waals surface area contributed by atoms with Gasteiger partial charge in [-0.2, -0.15) is 0 Å². The molecule has 1 N–H and O–H groups in total. The number of rotatable bonds is 5. The zero-order valence-corrected chi connectivity index (χ0v) is 9.45. The van der Waals surface area contributed by atoms with Crippen molar-refractivity contribution in [3.8, 4) is 0 Å². The molecule has 1 aliphatic heterocycles. The summed E-state index contributed by atoms with van der Waals surface area (Å²) in [6.45, 7) is 1.96. The van der Waals surface area contributed by atoms with Crippen molar-refractivity contribution in [3.05, 3.63) is 12.4 Å². The van der Waals surface area contributed by atoms with Crippen LogP contribution in [0.25, 0.3) is 0 Å². The standard InChI is InChI=1S/C10H16N2O2S/c13-5-7-15-10-11-3-4-12(10)8-9-2-1-6-14-9/h3-4,9,13H,1-2,5-8H2. The summed E-state index contributed by atoms with van der Waals surface area (Å²) in [4.78, 5) is 4.26. The van der Waals surface area contributed by atoms with Gasteiger partial charge in [-0.3, -0.25) is 0 Å². The summed E-state index contributed by atoms with van der Waals surface area (Å²) < 4.78 is 7.69. The van der Waals surface area contributed by atoms with E-state index in [0.29, 0.717) is 11.9 Å². The van der Waals surface area contributed by atoms with Crippen LogP contribution in [-0.4, -0.2) is 39.7 Å². The summed E-state index contributed by atoms with van der Waals surface area (Å²) in [5, 5.41) is 9.73. The Morgan fingerprint density at radius 3 is 3.33 bits per heavy atom. The molecule has 84 valence electrons. The molecule has 1 saturated heterocycles. The van der Waals surface area contributed by atoms with Crippen molar-refractivity contribution in [3.63, 3.8) is 0 Å². The van der Waals surface area contributed by atoms with E-state index in [1.54, 1.807) is 18.0 Å². The second-order valence-electron chi connectivity index (χ2n) is 3.57. The zero-order valence-electron chi connectivity index (χ0n) is 8.63. The maximum atomic E-state index is 8.76. The molecule has 2 heterocycles. The maximum Gasteiger partial charge on any atom is 0.168 e. The van der Waals surface area contributed by atoms with Crippen LogP contribution in [0, 0.1) is 0 Å². The highest BCUT2D eigenvalue weighted by Gasteiger charge is 2.17. The van der Waals surface area contributed by atoms with Gasteiger partial charge in [0.1, 0.15) is 0 Å². The van der Waals surface area contributed by atoms with Crippen molar-refractivity contribution in [2.75, 3.05) is 19.0 Å². The van der Waals surface area contributed by atoms with E-state index in [9.17, 15) is 0 Å². The molecule has 1 aliphatic rings.